The van der Waals surface area contributed by atoms with Crippen LogP contribution < -0.4 is 0 Å². The third kappa shape index (κ3) is 686. The van der Waals surface area contributed by atoms with E-state index in [1.54, 1.807) is 0 Å². The number of hydrogen-bond acceptors (Lipinski definition) is 5. The molecule has 0 aromatic rings. The van der Waals surface area contributed by atoms with Gasteiger partial charge in [0.15, 0.2) is 0 Å². The minimum absolute atomic E-state index is 0. The van der Waals surface area contributed by atoms with Crippen molar-refractivity contribution in [3.63, 3.8) is 0 Å². The summed E-state index contributed by atoms with van der Waals surface area (Å²) in [6.07, 6.45) is 0. The van der Waals surface area contributed by atoms with Crippen molar-refractivity contribution in [1.29, 1.82) is 0 Å². The molecule has 0 atom stereocenters. The van der Waals surface area contributed by atoms with Crippen LogP contribution in [0.4, 0.5) is 0 Å². The molecule has 0 aromatic heterocycles. The van der Waals surface area contributed by atoms with Gasteiger partial charge in [0, 0.05) is 21.1 Å². The van der Waals surface area contributed by atoms with Crippen LogP contribution in [0.15, 0.2) is 0 Å². The van der Waals surface area contributed by atoms with Crippen molar-refractivity contribution in [3.8, 4) is 0 Å². The normalized spacial score (nSPS) is 8.57. The fourth-order valence-electron chi connectivity index (χ4n) is 0. The summed E-state index contributed by atoms with van der Waals surface area (Å²) in [5, 5.41) is 0. The first-order valence-electron chi connectivity index (χ1n) is 0.913. The molecular formula is NbO5W. The van der Waals surface area contributed by atoms with Crippen LogP contribution in [0.5, 0.6) is 0 Å². The van der Waals surface area contributed by atoms with Crippen LogP contribution in [-0.2, 0) is 53.0 Å². The first-order chi connectivity index (χ1) is 2.24. The molecule has 0 radical (unpaired) electrons. The van der Waals surface area contributed by atoms with Gasteiger partial charge in [-0.05, 0) is 0 Å². The Labute approximate surface area is 53.0 Å². The van der Waals surface area contributed by atoms with Gasteiger partial charge in [0.2, 0.25) is 0 Å². The molecule has 7 heavy (non-hydrogen) atoms. The molecule has 0 heterocycles. The Morgan fingerprint density at radius 2 is 0.714 bits per heavy atom. The average molecular weight is 357 g/mol. The summed E-state index contributed by atoms with van der Waals surface area (Å²) in [5.41, 5.74) is 0. The second-order valence-electron chi connectivity index (χ2n) is 0.745. The van der Waals surface area contributed by atoms with Gasteiger partial charge in [0.25, 0.3) is 0 Å². The second-order valence-corrected chi connectivity index (χ2v) is 4.41. The monoisotopic (exact) mass is 357 g/mol. The molecule has 5 nitrogen and oxygen atoms in total. The van der Waals surface area contributed by atoms with Crippen LogP contribution in [0, 0.1) is 0 Å². The Bertz CT molecular complexity index is 278. The number of hydrogen-bond donors (Lipinski definition) is 0. The van der Waals surface area contributed by atoms with Gasteiger partial charge in [0.05, 0.1) is 0 Å². The van der Waals surface area contributed by atoms with Gasteiger partial charge < -0.3 is 0 Å². The Hall–Kier alpha value is 0.429. The Balaban J connectivity index is 0. The molecule has 0 rings (SSSR count). The van der Waals surface area contributed by atoms with E-state index >= 15 is 0 Å². The molecule has 0 spiro atoms. The van der Waals surface area contributed by atoms with Crippen LogP contribution >= 0.6 is 0 Å². The van der Waals surface area contributed by atoms with Crippen molar-refractivity contribution in [3.05, 3.63) is 0 Å². The van der Waals surface area contributed by atoms with Crippen molar-refractivity contribution < 1.29 is 53.0 Å². The Morgan fingerprint density at radius 3 is 0.714 bits per heavy atom. The van der Waals surface area contributed by atoms with E-state index in [1.807, 2.05) is 0 Å². The maximum Gasteiger partial charge on any atom is 0 e. The molecule has 0 aromatic carbocycles. The number of rotatable bonds is 0. The van der Waals surface area contributed by atoms with Gasteiger partial charge in [-0.15, -0.1) is 0 Å². The fourth-order valence-corrected chi connectivity index (χ4v) is 0. The topological polar surface area (TPSA) is 85.3 Å². The van der Waals surface area contributed by atoms with Gasteiger partial charge in [0.1, 0.15) is 0 Å². The predicted octanol–water partition coefficient (Wildman–Crippen LogP) is -0.599. The van der Waals surface area contributed by atoms with Crippen LogP contribution in [0.3, 0.4) is 0 Å². The maximum absolute atomic E-state index is 8.66. The van der Waals surface area contributed by atoms with E-state index in [0.717, 1.165) is 0 Å². The molecular weight excluding hydrogens is 357 g/mol. The molecule has 0 bridgehead atoms. The fraction of sp³-hybridized carbons (Fsp3) is 0. The van der Waals surface area contributed by atoms with Crippen molar-refractivity contribution in [2.75, 3.05) is 0 Å². The SMILES string of the molecule is [O]=[Nb](=[O])(=[O])(=[O])=[O].[W]. The summed E-state index contributed by atoms with van der Waals surface area (Å²) in [5.74, 6) is 0. The van der Waals surface area contributed by atoms with Crippen LogP contribution in [-0.4, -0.2) is 0 Å². The van der Waals surface area contributed by atoms with Gasteiger partial charge in [-0.3, -0.25) is 0 Å². The zero-order valence-electron chi connectivity index (χ0n) is 2.90. The van der Waals surface area contributed by atoms with Gasteiger partial charge in [-0.2, -0.15) is 0 Å². The first kappa shape index (κ1) is 10.4. The first-order valence-corrected chi connectivity index (χ1v) is 5.40. The van der Waals surface area contributed by atoms with E-state index in [4.69, 9.17) is 16.3 Å². The quantitative estimate of drug-likeness (QED) is 0.541. The zero-order chi connectivity index (χ0) is 5.45. The molecule has 0 amide bonds. The zero-order valence-corrected chi connectivity index (χ0v) is 8.03. The predicted molar refractivity (Wildman–Crippen MR) is 3.43 cm³/mol. The smallest absolute Gasteiger partial charge is 0 e. The van der Waals surface area contributed by atoms with Gasteiger partial charge in [-0.1, -0.05) is 0 Å². The molecule has 41 valence electrons. The van der Waals surface area contributed by atoms with E-state index in [2.05, 4.69) is 0 Å². The summed E-state index contributed by atoms with van der Waals surface area (Å²) in [6.45, 7) is 0. The molecule has 0 aliphatic heterocycles. The van der Waals surface area contributed by atoms with E-state index < -0.39 is 15.7 Å². The average Bonchev–Trinajstić information content (AvgIpc) is 0.650. The van der Waals surface area contributed by atoms with Gasteiger partial charge >= 0.3 is 31.9 Å². The Kier molecular flexibility index (Phi) is 2.59. The molecule has 0 unspecified atom stereocenters. The molecule has 0 fully saturated rings. The van der Waals surface area contributed by atoms with Crippen LogP contribution in [0.1, 0.15) is 0 Å². The molecule has 0 aliphatic carbocycles. The molecule has 0 aliphatic rings. The van der Waals surface area contributed by atoms with Gasteiger partial charge in [-0.25, -0.2) is 0 Å². The van der Waals surface area contributed by atoms with Crippen molar-refractivity contribution in [2.45, 2.75) is 0 Å². The standard InChI is InChI=1S/Nb.5O.W. The van der Waals surface area contributed by atoms with Crippen LogP contribution in [0.25, 0.3) is 0 Å². The van der Waals surface area contributed by atoms with E-state index in [1.165, 1.54) is 0 Å². The molecule has 0 saturated heterocycles. The van der Waals surface area contributed by atoms with Crippen LogP contribution in [0.2, 0.25) is 0 Å². The third-order valence-corrected chi connectivity index (χ3v) is 0. The summed E-state index contributed by atoms with van der Waals surface area (Å²) >= 11 is -7.94. The summed E-state index contributed by atoms with van der Waals surface area (Å²) < 4.78 is 43.3. The largest absolute Gasteiger partial charge is 0 e. The third-order valence-electron chi connectivity index (χ3n) is 0. The Morgan fingerprint density at radius 1 is 0.714 bits per heavy atom. The molecule has 0 saturated carbocycles. The van der Waals surface area contributed by atoms with E-state index in [0.29, 0.717) is 0 Å². The summed E-state index contributed by atoms with van der Waals surface area (Å²) in [7, 11) is 0. The summed E-state index contributed by atoms with van der Waals surface area (Å²) in [4.78, 5) is 0. The van der Waals surface area contributed by atoms with E-state index in [9.17, 15) is 0 Å². The minimum atomic E-state index is -7.94. The van der Waals surface area contributed by atoms with Crippen molar-refractivity contribution in [1.82, 2.24) is 0 Å². The molecule has 0 N–H and O–H groups in total. The maximum atomic E-state index is 8.66. The second kappa shape index (κ2) is 1.74. The minimum Gasteiger partial charge on any atom is 0 e. The van der Waals surface area contributed by atoms with Crippen molar-refractivity contribution >= 4 is 0 Å². The molecule has 7 heteroatoms. The van der Waals surface area contributed by atoms with E-state index in [-0.39, 0.29) is 21.1 Å². The summed E-state index contributed by atoms with van der Waals surface area (Å²) in [6, 6.07) is 0. The van der Waals surface area contributed by atoms with Crippen molar-refractivity contribution in [2.24, 2.45) is 0 Å².